The van der Waals surface area contributed by atoms with Crippen molar-refractivity contribution in [3.63, 3.8) is 0 Å². The minimum Gasteiger partial charge on any atom is -0.352 e. The Morgan fingerprint density at radius 3 is 2.59 bits per heavy atom. The molecule has 0 aliphatic rings. The van der Waals surface area contributed by atoms with Gasteiger partial charge in [-0.05, 0) is 53.9 Å². The third-order valence-corrected chi connectivity index (χ3v) is 5.90. The lowest BCUT2D eigenvalue weighted by atomic mass is 10.1. The normalized spacial score (nSPS) is 11.7. The number of fused-ring (bicyclic) bond motifs is 2. The zero-order chi connectivity index (χ0) is 26.3. The van der Waals surface area contributed by atoms with Crippen LogP contribution < -0.4 is 16.2 Å². The molecule has 3 aromatic carbocycles. The van der Waals surface area contributed by atoms with E-state index < -0.39 is 35.6 Å². The second kappa shape index (κ2) is 9.08. The number of nitrogens with zero attached hydrogens (tertiary/aromatic N) is 3. The number of amides is 1. The second-order valence-electron chi connectivity index (χ2n) is 8.43. The predicted molar refractivity (Wildman–Crippen MR) is 132 cm³/mol. The maximum atomic E-state index is 14.9. The Hall–Kier alpha value is -4.67. The maximum absolute atomic E-state index is 14.9. The summed E-state index contributed by atoms with van der Waals surface area (Å²) in [6.45, 7) is -0.484. The minimum atomic E-state index is -4.56. The smallest absolute Gasteiger partial charge is 0.352 e. The van der Waals surface area contributed by atoms with Crippen LogP contribution in [0, 0.1) is 5.82 Å². The van der Waals surface area contributed by atoms with Gasteiger partial charge in [0, 0.05) is 30.0 Å². The molecular formula is C26H19F4N5O2. The fraction of sp³-hybridized carbons (Fsp3) is 0.115. The highest BCUT2D eigenvalue weighted by molar-refractivity contribution is 5.96. The number of aromatic nitrogens is 3. The van der Waals surface area contributed by atoms with Crippen molar-refractivity contribution in [2.24, 2.45) is 7.05 Å². The molecule has 2 heterocycles. The first-order valence-electron chi connectivity index (χ1n) is 11.1. The van der Waals surface area contributed by atoms with Crippen LogP contribution in [0.3, 0.4) is 0 Å². The molecule has 11 heteroatoms. The fourth-order valence-electron chi connectivity index (χ4n) is 4.11. The van der Waals surface area contributed by atoms with E-state index in [4.69, 9.17) is 0 Å². The number of benzene rings is 3. The summed E-state index contributed by atoms with van der Waals surface area (Å²) in [5.41, 5.74) is -0.265. The molecule has 0 saturated heterocycles. The van der Waals surface area contributed by atoms with Crippen molar-refractivity contribution in [3.8, 4) is 0 Å². The van der Waals surface area contributed by atoms with E-state index in [-0.39, 0.29) is 16.8 Å². The Balaban J connectivity index is 1.45. The zero-order valence-electron chi connectivity index (χ0n) is 19.3. The van der Waals surface area contributed by atoms with Crippen LogP contribution in [0.1, 0.15) is 5.56 Å². The van der Waals surface area contributed by atoms with Gasteiger partial charge in [0.1, 0.15) is 12.4 Å². The summed E-state index contributed by atoms with van der Waals surface area (Å²) >= 11 is 0. The average molecular weight is 509 g/mol. The third kappa shape index (κ3) is 4.75. The Morgan fingerprint density at radius 1 is 1.00 bits per heavy atom. The summed E-state index contributed by atoms with van der Waals surface area (Å²) in [5, 5.41) is 10.8. The first kappa shape index (κ1) is 24.0. The topological polar surface area (TPSA) is 81.0 Å². The number of carbonyl (C=O) groups is 1. The van der Waals surface area contributed by atoms with Gasteiger partial charge in [-0.2, -0.15) is 18.3 Å². The molecule has 0 fully saturated rings. The molecule has 0 saturated carbocycles. The largest absolute Gasteiger partial charge is 0.416 e. The molecule has 0 radical (unpaired) electrons. The highest BCUT2D eigenvalue weighted by Gasteiger charge is 2.30. The lowest BCUT2D eigenvalue weighted by Gasteiger charge is -2.14. The van der Waals surface area contributed by atoms with Crippen LogP contribution in [0.15, 0.2) is 77.9 Å². The van der Waals surface area contributed by atoms with Gasteiger partial charge in [0.2, 0.25) is 5.91 Å². The lowest BCUT2D eigenvalue weighted by molar-refractivity contribution is -0.137. The van der Waals surface area contributed by atoms with E-state index >= 15 is 0 Å². The van der Waals surface area contributed by atoms with Gasteiger partial charge in [-0.25, -0.2) is 4.39 Å². The number of carbonyl (C=O) groups excluding carboxylic acids is 1. The van der Waals surface area contributed by atoms with E-state index in [9.17, 15) is 27.2 Å². The van der Waals surface area contributed by atoms with Crippen molar-refractivity contribution in [2.75, 3.05) is 10.6 Å². The first-order chi connectivity index (χ1) is 17.6. The quantitative estimate of drug-likeness (QED) is 0.310. The molecule has 0 aliphatic heterocycles. The van der Waals surface area contributed by atoms with Crippen molar-refractivity contribution in [2.45, 2.75) is 12.7 Å². The first-order valence-corrected chi connectivity index (χ1v) is 11.1. The SMILES string of the molecule is Cn1ncc2cc(Nc3c(F)ccc4ccn(CC(=O)Nc5cccc(C(F)(F)F)c5)c(=O)c34)ccc21. The van der Waals surface area contributed by atoms with Gasteiger partial charge in [-0.3, -0.25) is 14.3 Å². The molecule has 2 aromatic heterocycles. The van der Waals surface area contributed by atoms with Crippen LogP contribution in [-0.4, -0.2) is 20.3 Å². The van der Waals surface area contributed by atoms with Crippen LogP contribution >= 0.6 is 0 Å². The van der Waals surface area contributed by atoms with Crippen LogP contribution in [0.25, 0.3) is 21.7 Å². The molecule has 0 bridgehead atoms. The molecule has 5 rings (SSSR count). The van der Waals surface area contributed by atoms with Crippen molar-refractivity contribution >= 4 is 44.6 Å². The van der Waals surface area contributed by atoms with Gasteiger partial charge < -0.3 is 15.2 Å². The van der Waals surface area contributed by atoms with Crippen LogP contribution in [-0.2, 0) is 24.6 Å². The standard InChI is InChI=1S/C26H19F4N5O2/c1-34-21-8-6-19(11-16(21)13-31-34)33-24-20(27)7-5-15-9-10-35(25(37)23(15)24)14-22(36)32-18-4-2-3-17(12-18)26(28,29)30/h2-13,33H,14H2,1H3,(H,32,36). The summed E-state index contributed by atoms with van der Waals surface area (Å²) in [7, 11) is 1.80. The lowest BCUT2D eigenvalue weighted by Crippen LogP contribution is -2.27. The number of hydrogen-bond acceptors (Lipinski definition) is 4. The maximum Gasteiger partial charge on any atom is 0.416 e. The minimum absolute atomic E-state index is 0.0284. The second-order valence-corrected chi connectivity index (χ2v) is 8.43. The van der Waals surface area contributed by atoms with E-state index in [1.54, 1.807) is 36.1 Å². The van der Waals surface area contributed by atoms with E-state index in [0.29, 0.717) is 11.1 Å². The van der Waals surface area contributed by atoms with E-state index in [1.165, 1.54) is 30.5 Å². The summed E-state index contributed by atoms with van der Waals surface area (Å²) in [6.07, 6.45) is -1.53. The van der Waals surface area contributed by atoms with Crippen LogP contribution in [0.2, 0.25) is 0 Å². The number of alkyl halides is 3. The molecule has 188 valence electrons. The number of aryl methyl sites for hydroxylation is 1. The number of hydrogen-bond donors (Lipinski definition) is 2. The van der Waals surface area contributed by atoms with Gasteiger partial charge in [0.15, 0.2) is 0 Å². The van der Waals surface area contributed by atoms with Crippen molar-refractivity contribution in [3.05, 3.63) is 94.8 Å². The summed E-state index contributed by atoms with van der Waals surface area (Å²) in [6, 6.07) is 13.7. The molecule has 5 aromatic rings. The molecule has 37 heavy (non-hydrogen) atoms. The molecule has 0 spiro atoms. The Morgan fingerprint density at radius 2 is 1.81 bits per heavy atom. The number of nitrogens with one attached hydrogen (secondary N) is 2. The van der Waals surface area contributed by atoms with Gasteiger partial charge >= 0.3 is 6.18 Å². The molecule has 2 N–H and O–H groups in total. The van der Waals surface area contributed by atoms with Gasteiger partial charge in [-0.15, -0.1) is 0 Å². The molecule has 0 aliphatic carbocycles. The predicted octanol–water partition coefficient (Wildman–Crippen LogP) is 5.43. The van der Waals surface area contributed by atoms with Crippen molar-refractivity contribution < 1.29 is 22.4 Å². The number of pyridine rings is 1. The van der Waals surface area contributed by atoms with Gasteiger partial charge in [-0.1, -0.05) is 12.1 Å². The molecular weight excluding hydrogens is 490 g/mol. The zero-order valence-corrected chi connectivity index (χ0v) is 19.3. The highest BCUT2D eigenvalue weighted by Crippen LogP contribution is 2.31. The Labute approximate surface area is 206 Å². The third-order valence-electron chi connectivity index (χ3n) is 5.90. The van der Waals surface area contributed by atoms with Gasteiger partial charge in [0.05, 0.1) is 28.4 Å². The van der Waals surface area contributed by atoms with E-state index in [0.717, 1.165) is 27.6 Å². The number of halogens is 4. The number of anilines is 3. The Bertz CT molecular complexity index is 1720. The number of rotatable bonds is 5. The Kier molecular flexibility index (Phi) is 5.90. The highest BCUT2D eigenvalue weighted by atomic mass is 19.4. The summed E-state index contributed by atoms with van der Waals surface area (Å²) in [5.74, 6) is -1.38. The molecule has 0 unspecified atom stereocenters. The molecule has 0 atom stereocenters. The fourth-order valence-corrected chi connectivity index (χ4v) is 4.11. The average Bonchev–Trinajstić information content (AvgIpc) is 3.22. The molecule has 1 amide bonds. The van der Waals surface area contributed by atoms with Crippen LogP contribution in [0.4, 0.5) is 34.6 Å². The van der Waals surface area contributed by atoms with E-state index in [2.05, 4.69) is 15.7 Å². The van der Waals surface area contributed by atoms with Crippen molar-refractivity contribution in [1.29, 1.82) is 0 Å². The summed E-state index contributed by atoms with van der Waals surface area (Å²) in [4.78, 5) is 25.8. The monoisotopic (exact) mass is 509 g/mol. The van der Waals surface area contributed by atoms with E-state index in [1.807, 2.05) is 6.07 Å². The summed E-state index contributed by atoms with van der Waals surface area (Å²) < 4.78 is 56.6. The van der Waals surface area contributed by atoms with Crippen molar-refractivity contribution in [1.82, 2.24) is 14.3 Å². The molecule has 7 nitrogen and oxygen atoms in total. The van der Waals surface area contributed by atoms with Crippen LogP contribution in [0.5, 0.6) is 0 Å². The van der Waals surface area contributed by atoms with Gasteiger partial charge in [0.25, 0.3) is 5.56 Å².